The van der Waals surface area contributed by atoms with Gasteiger partial charge < -0.3 is 25.2 Å². The van der Waals surface area contributed by atoms with Gasteiger partial charge in [-0.3, -0.25) is 9.59 Å². The number of phenolic OH excluding ortho intramolecular Hbond substituents is 2. The fourth-order valence-corrected chi connectivity index (χ4v) is 2.34. The summed E-state index contributed by atoms with van der Waals surface area (Å²) in [6.45, 7) is 0.241. The molecule has 1 fully saturated rings. The van der Waals surface area contributed by atoms with Crippen LogP contribution in [0.5, 0.6) is 11.5 Å². The Kier molecular flexibility index (Phi) is 4.87. The van der Waals surface area contributed by atoms with E-state index in [1.807, 2.05) is 0 Å². The fraction of sp³-hybridized carbons (Fsp3) is 0.467. The van der Waals surface area contributed by atoms with E-state index in [0.717, 1.165) is 0 Å². The van der Waals surface area contributed by atoms with Crippen LogP contribution < -0.4 is 5.32 Å². The molecule has 0 saturated carbocycles. The van der Waals surface area contributed by atoms with Crippen LogP contribution in [-0.2, 0) is 9.53 Å². The summed E-state index contributed by atoms with van der Waals surface area (Å²) in [5.74, 6) is -1.38. The van der Waals surface area contributed by atoms with E-state index < -0.39 is 17.8 Å². The summed E-state index contributed by atoms with van der Waals surface area (Å²) >= 11 is 0. The van der Waals surface area contributed by atoms with Crippen molar-refractivity contribution in [2.75, 3.05) is 20.6 Å². The van der Waals surface area contributed by atoms with Crippen LogP contribution in [0.2, 0.25) is 0 Å². The normalized spacial score (nSPS) is 20.6. The standard InChI is InChI=1S/C15H20N2O5/c1-17(2)15(21)12-7-6-9(22-12)8-16-14(20)10-4-3-5-11(18)13(10)19/h3-5,9,12,18-19H,6-8H2,1-2H3,(H,16,20)/t9-,12-/m1/s1. The van der Waals surface area contributed by atoms with E-state index in [-0.39, 0.29) is 29.9 Å². The molecule has 120 valence electrons. The quantitative estimate of drug-likeness (QED) is 0.702. The zero-order chi connectivity index (χ0) is 16.3. The minimum absolute atomic E-state index is 0.00100. The molecule has 22 heavy (non-hydrogen) atoms. The average Bonchev–Trinajstić information content (AvgIpc) is 2.95. The van der Waals surface area contributed by atoms with Crippen LogP contribution in [-0.4, -0.2) is 59.8 Å². The third-order valence-electron chi connectivity index (χ3n) is 3.57. The average molecular weight is 308 g/mol. The Hall–Kier alpha value is -2.28. The van der Waals surface area contributed by atoms with Gasteiger partial charge >= 0.3 is 0 Å². The van der Waals surface area contributed by atoms with Crippen LogP contribution in [0, 0.1) is 0 Å². The Morgan fingerprint density at radius 2 is 2.05 bits per heavy atom. The first-order valence-corrected chi connectivity index (χ1v) is 7.06. The van der Waals surface area contributed by atoms with E-state index in [9.17, 15) is 19.8 Å². The lowest BCUT2D eigenvalue weighted by Crippen LogP contribution is -2.36. The number of rotatable bonds is 4. The number of nitrogens with one attached hydrogen (secondary N) is 1. The summed E-state index contributed by atoms with van der Waals surface area (Å²) in [4.78, 5) is 25.3. The summed E-state index contributed by atoms with van der Waals surface area (Å²) in [5.41, 5.74) is -0.00100. The Bertz CT molecular complexity index is 573. The van der Waals surface area contributed by atoms with Gasteiger partial charge in [-0.1, -0.05) is 6.07 Å². The summed E-state index contributed by atoms with van der Waals surface area (Å²) in [5, 5.41) is 21.7. The van der Waals surface area contributed by atoms with Crippen molar-refractivity contribution >= 4 is 11.8 Å². The van der Waals surface area contributed by atoms with Crippen LogP contribution in [0.4, 0.5) is 0 Å². The van der Waals surface area contributed by atoms with Gasteiger partial charge in [-0.05, 0) is 25.0 Å². The third-order valence-corrected chi connectivity index (χ3v) is 3.57. The molecule has 1 aliphatic heterocycles. The minimum atomic E-state index is -0.501. The Morgan fingerprint density at radius 1 is 1.32 bits per heavy atom. The molecule has 1 saturated heterocycles. The zero-order valence-corrected chi connectivity index (χ0v) is 12.6. The lowest BCUT2D eigenvalue weighted by atomic mass is 10.1. The van der Waals surface area contributed by atoms with Gasteiger partial charge in [0.15, 0.2) is 11.5 Å². The highest BCUT2D eigenvalue weighted by atomic mass is 16.5. The van der Waals surface area contributed by atoms with Crippen LogP contribution in [0.1, 0.15) is 23.2 Å². The molecule has 2 rings (SSSR count). The maximum atomic E-state index is 12.0. The van der Waals surface area contributed by atoms with Crippen molar-refractivity contribution in [3.8, 4) is 11.5 Å². The minimum Gasteiger partial charge on any atom is -0.504 e. The van der Waals surface area contributed by atoms with E-state index in [1.165, 1.54) is 23.1 Å². The van der Waals surface area contributed by atoms with Crippen molar-refractivity contribution < 1.29 is 24.5 Å². The van der Waals surface area contributed by atoms with Crippen LogP contribution in [0.25, 0.3) is 0 Å². The predicted molar refractivity (Wildman–Crippen MR) is 78.7 cm³/mol. The number of hydrogen-bond acceptors (Lipinski definition) is 5. The first-order chi connectivity index (χ1) is 10.4. The summed E-state index contributed by atoms with van der Waals surface area (Å²) in [6.07, 6.45) is 0.592. The molecule has 0 unspecified atom stereocenters. The van der Waals surface area contributed by atoms with Crippen LogP contribution in [0.15, 0.2) is 18.2 Å². The summed E-state index contributed by atoms with van der Waals surface area (Å²) in [6, 6.07) is 4.18. The molecular formula is C15H20N2O5. The molecule has 3 N–H and O–H groups in total. The van der Waals surface area contributed by atoms with Gasteiger partial charge in [-0.15, -0.1) is 0 Å². The van der Waals surface area contributed by atoms with Gasteiger partial charge in [0.1, 0.15) is 6.10 Å². The molecule has 1 heterocycles. The molecule has 2 amide bonds. The maximum Gasteiger partial charge on any atom is 0.255 e. The number of hydrogen-bond donors (Lipinski definition) is 3. The predicted octanol–water partition coefficient (Wildman–Crippen LogP) is 0.463. The van der Waals surface area contributed by atoms with Gasteiger partial charge in [0.2, 0.25) is 0 Å². The zero-order valence-electron chi connectivity index (χ0n) is 12.6. The lowest BCUT2D eigenvalue weighted by Gasteiger charge is -2.17. The molecular weight excluding hydrogens is 288 g/mol. The molecule has 1 aromatic rings. The molecule has 2 atom stereocenters. The van der Waals surface area contributed by atoms with E-state index in [1.54, 1.807) is 14.1 Å². The van der Waals surface area contributed by atoms with E-state index in [0.29, 0.717) is 12.8 Å². The van der Waals surface area contributed by atoms with E-state index in [4.69, 9.17) is 4.74 Å². The number of para-hydroxylation sites is 1. The number of likely N-dealkylation sites (N-methyl/N-ethyl adjacent to an activating group) is 1. The highest BCUT2D eigenvalue weighted by Gasteiger charge is 2.31. The van der Waals surface area contributed by atoms with Crippen LogP contribution >= 0.6 is 0 Å². The van der Waals surface area contributed by atoms with Gasteiger partial charge in [0, 0.05) is 20.6 Å². The molecule has 0 radical (unpaired) electrons. The van der Waals surface area contributed by atoms with Crippen molar-refractivity contribution in [3.05, 3.63) is 23.8 Å². The Morgan fingerprint density at radius 3 is 2.73 bits per heavy atom. The van der Waals surface area contributed by atoms with Gasteiger partial charge in [0.25, 0.3) is 11.8 Å². The lowest BCUT2D eigenvalue weighted by molar-refractivity contribution is -0.140. The number of ether oxygens (including phenoxy) is 1. The van der Waals surface area contributed by atoms with Crippen molar-refractivity contribution in [3.63, 3.8) is 0 Å². The number of phenols is 2. The fourth-order valence-electron chi connectivity index (χ4n) is 2.34. The Balaban J connectivity index is 1.88. The Labute approximate surface area is 128 Å². The highest BCUT2D eigenvalue weighted by molar-refractivity contribution is 5.97. The topological polar surface area (TPSA) is 99.1 Å². The van der Waals surface area contributed by atoms with E-state index >= 15 is 0 Å². The molecule has 1 aromatic carbocycles. The number of carbonyl (C=O) groups is 2. The number of benzene rings is 1. The van der Waals surface area contributed by atoms with Gasteiger partial charge in [0.05, 0.1) is 11.7 Å². The SMILES string of the molecule is CN(C)C(=O)[C@H]1CC[C@H](CNC(=O)c2cccc(O)c2O)O1. The number of amides is 2. The molecule has 0 aliphatic carbocycles. The maximum absolute atomic E-state index is 12.0. The first kappa shape index (κ1) is 16.1. The summed E-state index contributed by atoms with van der Waals surface area (Å²) in [7, 11) is 3.34. The summed E-state index contributed by atoms with van der Waals surface area (Å²) < 4.78 is 5.61. The van der Waals surface area contributed by atoms with Crippen molar-refractivity contribution in [2.45, 2.75) is 25.0 Å². The van der Waals surface area contributed by atoms with Crippen LogP contribution in [0.3, 0.4) is 0 Å². The molecule has 0 spiro atoms. The van der Waals surface area contributed by atoms with E-state index in [2.05, 4.69) is 5.32 Å². The smallest absolute Gasteiger partial charge is 0.255 e. The molecule has 0 bridgehead atoms. The second kappa shape index (κ2) is 6.65. The van der Waals surface area contributed by atoms with Crippen molar-refractivity contribution in [1.82, 2.24) is 10.2 Å². The number of carbonyl (C=O) groups excluding carboxylic acids is 2. The molecule has 0 aromatic heterocycles. The van der Waals surface area contributed by atoms with Crippen molar-refractivity contribution in [2.24, 2.45) is 0 Å². The number of aromatic hydroxyl groups is 2. The van der Waals surface area contributed by atoms with Crippen molar-refractivity contribution in [1.29, 1.82) is 0 Å². The second-order valence-electron chi connectivity index (χ2n) is 5.44. The molecule has 1 aliphatic rings. The van der Waals surface area contributed by atoms with Gasteiger partial charge in [-0.2, -0.15) is 0 Å². The number of nitrogens with zero attached hydrogens (tertiary/aromatic N) is 1. The molecule has 7 nitrogen and oxygen atoms in total. The van der Waals surface area contributed by atoms with Gasteiger partial charge in [-0.25, -0.2) is 0 Å². The second-order valence-corrected chi connectivity index (χ2v) is 5.44. The largest absolute Gasteiger partial charge is 0.504 e. The third kappa shape index (κ3) is 3.48. The monoisotopic (exact) mass is 308 g/mol. The highest BCUT2D eigenvalue weighted by Crippen LogP contribution is 2.28. The first-order valence-electron chi connectivity index (χ1n) is 7.06. The molecule has 7 heteroatoms.